The molecule has 3 heteroatoms. The van der Waals surface area contributed by atoms with Crippen molar-refractivity contribution in [1.82, 2.24) is 0 Å². The number of hydrogen-bond donors (Lipinski definition) is 0. The lowest BCUT2D eigenvalue weighted by atomic mass is 10.2. The number of hydrogen-bond acceptors (Lipinski definition) is 3. The van der Waals surface area contributed by atoms with Gasteiger partial charge in [0.25, 0.3) is 0 Å². The second kappa shape index (κ2) is 4.65. The van der Waals surface area contributed by atoms with Crippen molar-refractivity contribution in [2.75, 3.05) is 7.11 Å². The lowest BCUT2D eigenvalue weighted by Gasteiger charge is -2.07. The van der Waals surface area contributed by atoms with Gasteiger partial charge in [0.05, 0.1) is 18.8 Å². The van der Waals surface area contributed by atoms with Crippen LogP contribution in [0.25, 0.3) is 0 Å². The van der Waals surface area contributed by atoms with Crippen LogP contribution in [0.2, 0.25) is 0 Å². The smallest absolute Gasteiger partial charge is 0.338 e. The average Bonchev–Trinajstić information content (AvgIpc) is 2.17. The van der Waals surface area contributed by atoms with E-state index < -0.39 is 0 Å². The summed E-state index contributed by atoms with van der Waals surface area (Å²) in [5.41, 5.74) is 0.501. The van der Waals surface area contributed by atoms with Gasteiger partial charge in [0.15, 0.2) is 0 Å². The summed E-state index contributed by atoms with van der Waals surface area (Å²) >= 11 is 0. The zero-order chi connectivity index (χ0) is 10.6. The van der Waals surface area contributed by atoms with Crippen molar-refractivity contribution in [1.29, 1.82) is 0 Å². The Balaban J connectivity index is 2.71. The third kappa shape index (κ3) is 2.76. The highest BCUT2D eigenvalue weighted by atomic mass is 16.5. The first-order valence-electron chi connectivity index (χ1n) is 4.31. The summed E-state index contributed by atoms with van der Waals surface area (Å²) in [6.07, 6.45) is -0.343. The molecule has 1 aromatic rings. The summed E-state index contributed by atoms with van der Waals surface area (Å²) < 4.78 is 9.88. The topological polar surface area (TPSA) is 35.5 Å². The Hall–Kier alpha value is -1.51. The molecule has 0 aromatic heterocycles. The van der Waals surface area contributed by atoms with E-state index in [1.807, 2.05) is 0 Å². The zero-order valence-corrected chi connectivity index (χ0v) is 8.32. The fourth-order valence-electron chi connectivity index (χ4n) is 0.978. The second-order valence-electron chi connectivity index (χ2n) is 2.94. The van der Waals surface area contributed by atoms with Crippen LogP contribution in [-0.2, 0) is 4.74 Å². The third-order valence-corrected chi connectivity index (χ3v) is 1.63. The molecule has 0 heterocycles. The van der Waals surface area contributed by atoms with Gasteiger partial charge in [-0.2, -0.15) is 0 Å². The van der Waals surface area contributed by atoms with E-state index in [-0.39, 0.29) is 12.1 Å². The Morgan fingerprint density at radius 3 is 2.36 bits per heavy atom. The van der Waals surface area contributed by atoms with E-state index in [0.29, 0.717) is 11.3 Å². The highest BCUT2D eigenvalue weighted by Gasteiger charge is 2.08. The molecule has 75 valence electrons. The van der Waals surface area contributed by atoms with Crippen molar-refractivity contribution in [2.24, 2.45) is 0 Å². The summed E-state index contributed by atoms with van der Waals surface area (Å²) in [6, 6.07) is 6.74. The summed E-state index contributed by atoms with van der Waals surface area (Å²) in [7, 11) is 1.57. The molecule has 0 spiro atoms. The van der Waals surface area contributed by atoms with Crippen LogP contribution >= 0.6 is 0 Å². The van der Waals surface area contributed by atoms with Gasteiger partial charge >= 0.3 is 5.97 Å². The minimum atomic E-state index is -0.366. The first-order chi connectivity index (χ1) is 6.63. The van der Waals surface area contributed by atoms with Gasteiger partial charge < -0.3 is 9.47 Å². The van der Waals surface area contributed by atoms with Crippen LogP contribution in [0.4, 0.5) is 0 Å². The van der Waals surface area contributed by atoms with E-state index in [9.17, 15) is 4.79 Å². The average molecular weight is 193 g/mol. The maximum Gasteiger partial charge on any atom is 0.338 e. The van der Waals surface area contributed by atoms with Gasteiger partial charge in [-0.1, -0.05) is 0 Å². The lowest BCUT2D eigenvalue weighted by molar-refractivity contribution is 0.0420. The molecule has 0 N–H and O–H groups in total. The molecule has 0 bridgehead atoms. The lowest BCUT2D eigenvalue weighted by Crippen LogP contribution is -2.11. The normalized spacial score (nSPS) is 10.0. The molecule has 0 saturated heterocycles. The number of esters is 1. The zero-order valence-electron chi connectivity index (χ0n) is 8.32. The Morgan fingerprint density at radius 1 is 1.36 bits per heavy atom. The van der Waals surface area contributed by atoms with E-state index >= 15 is 0 Å². The molecule has 3 nitrogen and oxygen atoms in total. The molecule has 0 saturated carbocycles. The van der Waals surface area contributed by atoms with Crippen LogP contribution in [0.5, 0.6) is 5.75 Å². The predicted molar refractivity (Wildman–Crippen MR) is 53.2 cm³/mol. The molecule has 14 heavy (non-hydrogen) atoms. The number of benzene rings is 1. The van der Waals surface area contributed by atoms with E-state index in [0.717, 1.165) is 0 Å². The predicted octanol–water partition coefficient (Wildman–Crippen LogP) is 2.07. The first kappa shape index (κ1) is 10.6. The maximum atomic E-state index is 11.4. The third-order valence-electron chi connectivity index (χ3n) is 1.63. The van der Waals surface area contributed by atoms with Crippen molar-refractivity contribution in [3.63, 3.8) is 0 Å². The van der Waals surface area contributed by atoms with Crippen LogP contribution in [0.3, 0.4) is 0 Å². The standard InChI is InChI=1S/C11H13O3/c1-8(2)14-11(12)9-4-6-10(13-3)7-5-9/h4-8H,1H2,2-3H3/t8-/m1/s1. The molecule has 1 aromatic carbocycles. The summed E-state index contributed by atoms with van der Waals surface area (Å²) in [5, 5.41) is 0. The van der Waals surface area contributed by atoms with Gasteiger partial charge in [-0.25, -0.2) is 4.79 Å². The minimum Gasteiger partial charge on any atom is -0.497 e. The largest absolute Gasteiger partial charge is 0.497 e. The van der Waals surface area contributed by atoms with Gasteiger partial charge in [-0.15, -0.1) is 0 Å². The second-order valence-corrected chi connectivity index (χ2v) is 2.94. The van der Waals surface area contributed by atoms with E-state index in [4.69, 9.17) is 9.47 Å². The fraction of sp³-hybridized carbons (Fsp3) is 0.273. The van der Waals surface area contributed by atoms with Crippen LogP contribution in [0.15, 0.2) is 24.3 Å². The van der Waals surface area contributed by atoms with Gasteiger partial charge in [0.2, 0.25) is 0 Å². The van der Waals surface area contributed by atoms with Crippen molar-refractivity contribution < 1.29 is 14.3 Å². The van der Waals surface area contributed by atoms with Crippen LogP contribution in [0, 0.1) is 6.92 Å². The van der Waals surface area contributed by atoms with E-state index in [1.165, 1.54) is 0 Å². The van der Waals surface area contributed by atoms with Gasteiger partial charge in [-0.05, 0) is 38.1 Å². The molecule has 0 amide bonds. The molecule has 0 aliphatic carbocycles. The number of carbonyl (C=O) groups is 1. The molecular formula is C11H13O3. The van der Waals surface area contributed by atoms with Crippen LogP contribution < -0.4 is 4.74 Å². The highest BCUT2D eigenvalue weighted by Crippen LogP contribution is 2.12. The molecule has 1 atom stereocenters. The molecule has 0 aliphatic rings. The fourth-order valence-corrected chi connectivity index (χ4v) is 0.978. The molecule has 1 rings (SSSR count). The van der Waals surface area contributed by atoms with Crippen LogP contribution in [-0.4, -0.2) is 19.2 Å². The molecule has 0 unspecified atom stereocenters. The molecule has 1 radical (unpaired) electrons. The summed E-state index contributed by atoms with van der Waals surface area (Å²) in [6.45, 7) is 5.28. The summed E-state index contributed by atoms with van der Waals surface area (Å²) in [4.78, 5) is 11.4. The Kier molecular flexibility index (Phi) is 3.51. The van der Waals surface area contributed by atoms with Crippen LogP contribution in [0.1, 0.15) is 17.3 Å². The summed E-state index contributed by atoms with van der Waals surface area (Å²) in [5.74, 6) is 0.347. The van der Waals surface area contributed by atoms with Gasteiger partial charge in [-0.3, -0.25) is 0 Å². The Morgan fingerprint density at radius 2 is 1.93 bits per heavy atom. The van der Waals surface area contributed by atoms with Gasteiger partial charge in [0, 0.05) is 0 Å². The van der Waals surface area contributed by atoms with Crippen molar-refractivity contribution >= 4 is 5.97 Å². The van der Waals surface area contributed by atoms with E-state index in [2.05, 4.69) is 6.92 Å². The highest BCUT2D eigenvalue weighted by molar-refractivity contribution is 5.89. The first-order valence-corrected chi connectivity index (χ1v) is 4.31. The quantitative estimate of drug-likeness (QED) is 0.689. The van der Waals surface area contributed by atoms with Gasteiger partial charge in [0.1, 0.15) is 5.75 Å². The Labute approximate surface area is 83.6 Å². The van der Waals surface area contributed by atoms with Crippen molar-refractivity contribution in [2.45, 2.75) is 13.0 Å². The molecular weight excluding hydrogens is 180 g/mol. The number of ether oxygens (including phenoxy) is 2. The molecule has 0 fully saturated rings. The SMILES string of the molecule is [CH2][C@H](C)OC(=O)c1ccc(OC)cc1. The monoisotopic (exact) mass is 193 g/mol. The number of rotatable bonds is 3. The number of methoxy groups -OCH3 is 1. The maximum absolute atomic E-state index is 11.4. The Bertz CT molecular complexity index is 301. The van der Waals surface area contributed by atoms with Crippen molar-refractivity contribution in [3.05, 3.63) is 36.8 Å². The van der Waals surface area contributed by atoms with E-state index in [1.54, 1.807) is 38.3 Å². The molecule has 0 aliphatic heterocycles. The number of carbonyl (C=O) groups excluding carboxylic acids is 1. The van der Waals surface area contributed by atoms with Crippen molar-refractivity contribution in [3.8, 4) is 5.75 Å². The minimum absolute atomic E-state index is 0.343.